The van der Waals surface area contributed by atoms with Gasteiger partial charge in [-0.3, -0.25) is 20.2 Å². The average Bonchev–Trinajstić information content (AvgIpc) is 2.40. The molecule has 4 atom stereocenters. The molecule has 8 nitrogen and oxygen atoms in total. The zero-order chi connectivity index (χ0) is 15.1. The van der Waals surface area contributed by atoms with Crippen LogP contribution in [0.5, 0.6) is 0 Å². The Morgan fingerprint density at radius 3 is 1.36 bits per heavy atom. The Labute approximate surface area is 141 Å². The monoisotopic (exact) mass is 362 g/mol. The molecule has 2 fully saturated rings. The molecule has 0 aromatic heterocycles. The minimum atomic E-state index is -0.841. The summed E-state index contributed by atoms with van der Waals surface area (Å²) in [5.41, 5.74) is 0. The predicted molar refractivity (Wildman–Crippen MR) is 84.2 cm³/mol. The molecule has 22 heavy (non-hydrogen) atoms. The van der Waals surface area contributed by atoms with Gasteiger partial charge in [-0.05, 0) is 13.8 Å². The van der Waals surface area contributed by atoms with Gasteiger partial charge in [0.2, 0.25) is 0 Å². The highest BCUT2D eigenvalue weighted by Crippen LogP contribution is 2.03. The van der Waals surface area contributed by atoms with E-state index >= 15 is 0 Å². The third kappa shape index (κ3) is 7.57. The molecular weight excluding hydrogens is 339 g/mol. The fraction of sp³-hybridized carbons (Fsp3) is 0.833. The number of hydrogen-bond acceptors (Lipinski definition) is 6. The van der Waals surface area contributed by atoms with E-state index in [0.717, 1.165) is 0 Å². The maximum Gasteiger partial charge on any atom is 0.323 e. The van der Waals surface area contributed by atoms with E-state index < -0.39 is 24.0 Å². The average molecular weight is 363 g/mol. The van der Waals surface area contributed by atoms with Gasteiger partial charge < -0.3 is 19.7 Å². The number of halogens is 2. The number of hydrogen-bond donors (Lipinski definition) is 4. The SMILES string of the molecule is C[C@@H]1OCCN[C@H]1C(=O)O.C[C@H]1OCCN[C@@H]1C(=O)O.Cl.Cl. The maximum atomic E-state index is 10.4. The van der Waals surface area contributed by atoms with Gasteiger partial charge >= 0.3 is 11.9 Å². The van der Waals surface area contributed by atoms with E-state index in [2.05, 4.69) is 10.6 Å². The van der Waals surface area contributed by atoms with E-state index in [9.17, 15) is 9.59 Å². The summed E-state index contributed by atoms with van der Waals surface area (Å²) in [5, 5.41) is 22.8. The van der Waals surface area contributed by atoms with Gasteiger partial charge in [0.1, 0.15) is 12.1 Å². The van der Waals surface area contributed by atoms with Crippen molar-refractivity contribution in [1.82, 2.24) is 10.6 Å². The van der Waals surface area contributed by atoms with E-state index in [-0.39, 0.29) is 37.0 Å². The molecule has 0 spiro atoms. The third-order valence-corrected chi connectivity index (χ3v) is 3.17. The minimum Gasteiger partial charge on any atom is -0.480 e. The van der Waals surface area contributed by atoms with Crippen LogP contribution in [0.3, 0.4) is 0 Å². The summed E-state index contributed by atoms with van der Waals surface area (Å²) in [5.74, 6) is -1.68. The predicted octanol–water partition coefficient (Wildman–Crippen LogP) is -0.261. The van der Waals surface area contributed by atoms with E-state index in [1.165, 1.54) is 0 Å². The van der Waals surface area contributed by atoms with Crippen LogP contribution in [-0.2, 0) is 19.1 Å². The summed E-state index contributed by atoms with van der Waals surface area (Å²) in [6, 6.07) is -1.07. The third-order valence-electron chi connectivity index (χ3n) is 3.17. The topological polar surface area (TPSA) is 117 Å². The Balaban J connectivity index is 0. The highest BCUT2D eigenvalue weighted by atomic mass is 35.5. The second kappa shape index (κ2) is 11.9. The Bertz CT molecular complexity index is 316. The van der Waals surface area contributed by atoms with Crippen LogP contribution in [0.4, 0.5) is 0 Å². The van der Waals surface area contributed by atoms with Gasteiger partial charge in [0.25, 0.3) is 0 Å². The van der Waals surface area contributed by atoms with E-state index in [4.69, 9.17) is 19.7 Å². The quantitative estimate of drug-likeness (QED) is 0.530. The zero-order valence-electron chi connectivity index (χ0n) is 12.5. The fourth-order valence-electron chi connectivity index (χ4n) is 2.02. The number of morpholine rings is 2. The molecule has 2 aliphatic heterocycles. The first kappa shape index (κ1) is 23.6. The lowest BCUT2D eigenvalue weighted by Gasteiger charge is -2.26. The van der Waals surface area contributed by atoms with Crippen molar-refractivity contribution < 1.29 is 29.3 Å². The zero-order valence-corrected chi connectivity index (χ0v) is 14.1. The number of carboxylic acid groups (broad SMARTS) is 2. The van der Waals surface area contributed by atoms with Crippen LogP contribution in [0.1, 0.15) is 13.8 Å². The second-order valence-electron chi connectivity index (χ2n) is 4.69. The van der Waals surface area contributed by atoms with Crippen LogP contribution in [-0.4, -0.2) is 72.7 Å². The van der Waals surface area contributed by atoms with Crippen molar-refractivity contribution in [1.29, 1.82) is 0 Å². The summed E-state index contributed by atoms with van der Waals surface area (Å²) in [7, 11) is 0. The summed E-state index contributed by atoms with van der Waals surface area (Å²) >= 11 is 0. The van der Waals surface area contributed by atoms with Crippen molar-refractivity contribution in [3.8, 4) is 0 Å². The largest absolute Gasteiger partial charge is 0.480 e. The maximum absolute atomic E-state index is 10.4. The van der Waals surface area contributed by atoms with E-state index in [1.54, 1.807) is 13.8 Å². The molecule has 2 saturated heterocycles. The summed E-state index contributed by atoms with van der Waals surface area (Å²) in [6.45, 7) is 5.97. The Hall–Kier alpha value is -0.640. The van der Waals surface area contributed by atoms with Crippen molar-refractivity contribution >= 4 is 36.8 Å². The lowest BCUT2D eigenvalue weighted by molar-refractivity contribution is -0.146. The van der Waals surface area contributed by atoms with Crippen LogP contribution < -0.4 is 10.6 Å². The molecule has 2 heterocycles. The van der Waals surface area contributed by atoms with Crippen LogP contribution in [0.15, 0.2) is 0 Å². The molecule has 0 bridgehead atoms. The molecule has 0 aliphatic carbocycles. The Morgan fingerprint density at radius 1 is 0.864 bits per heavy atom. The molecule has 2 rings (SSSR count). The first-order valence-corrected chi connectivity index (χ1v) is 6.59. The van der Waals surface area contributed by atoms with Gasteiger partial charge in [0.15, 0.2) is 0 Å². The number of ether oxygens (including phenoxy) is 2. The summed E-state index contributed by atoms with van der Waals surface area (Å²) in [4.78, 5) is 20.8. The molecule has 0 radical (unpaired) electrons. The van der Waals surface area contributed by atoms with Crippen LogP contribution >= 0.6 is 24.8 Å². The van der Waals surface area contributed by atoms with Crippen molar-refractivity contribution in [2.75, 3.05) is 26.3 Å². The first-order valence-electron chi connectivity index (χ1n) is 6.59. The molecule has 0 amide bonds. The molecule has 2 aliphatic rings. The first-order chi connectivity index (χ1) is 9.43. The lowest BCUT2D eigenvalue weighted by Crippen LogP contribution is -2.51. The molecular formula is C12H24Cl2N2O6. The van der Waals surface area contributed by atoms with Gasteiger partial charge in [0, 0.05) is 13.1 Å². The second-order valence-corrected chi connectivity index (χ2v) is 4.69. The molecule has 0 unspecified atom stereocenters. The number of carboxylic acids is 2. The van der Waals surface area contributed by atoms with Gasteiger partial charge in [-0.25, -0.2) is 0 Å². The number of rotatable bonds is 2. The van der Waals surface area contributed by atoms with Gasteiger partial charge in [-0.1, -0.05) is 0 Å². The molecule has 0 aromatic rings. The fourth-order valence-corrected chi connectivity index (χ4v) is 2.02. The molecule has 0 saturated carbocycles. The molecule has 10 heteroatoms. The van der Waals surface area contributed by atoms with Crippen molar-refractivity contribution in [3.05, 3.63) is 0 Å². The van der Waals surface area contributed by atoms with Crippen LogP contribution in [0.25, 0.3) is 0 Å². The summed E-state index contributed by atoms with van der Waals surface area (Å²) in [6.07, 6.45) is -0.433. The van der Waals surface area contributed by atoms with Gasteiger partial charge in [0.05, 0.1) is 25.4 Å². The van der Waals surface area contributed by atoms with Crippen molar-refractivity contribution in [3.63, 3.8) is 0 Å². The highest BCUT2D eigenvalue weighted by Gasteiger charge is 2.28. The normalized spacial score (nSPS) is 30.6. The van der Waals surface area contributed by atoms with Gasteiger partial charge in [-0.15, -0.1) is 24.8 Å². The van der Waals surface area contributed by atoms with E-state index in [0.29, 0.717) is 26.3 Å². The number of nitrogens with one attached hydrogen (secondary N) is 2. The smallest absolute Gasteiger partial charge is 0.323 e. The molecule has 4 N–H and O–H groups in total. The van der Waals surface area contributed by atoms with Crippen molar-refractivity contribution in [2.45, 2.75) is 38.1 Å². The van der Waals surface area contributed by atoms with E-state index in [1.807, 2.05) is 0 Å². The van der Waals surface area contributed by atoms with Crippen molar-refractivity contribution in [2.24, 2.45) is 0 Å². The van der Waals surface area contributed by atoms with Crippen LogP contribution in [0.2, 0.25) is 0 Å². The Morgan fingerprint density at radius 2 is 1.18 bits per heavy atom. The summed E-state index contributed by atoms with van der Waals surface area (Å²) < 4.78 is 10.2. The Kier molecular flexibility index (Phi) is 12.7. The molecule has 0 aromatic carbocycles. The van der Waals surface area contributed by atoms with Gasteiger partial charge in [-0.2, -0.15) is 0 Å². The standard InChI is InChI=1S/2C6H11NO3.2ClH/c2*1-4-5(6(8)9)7-2-3-10-4;;/h2*4-5,7H,2-3H2,1H3,(H,8,9);2*1H/t2*4-,5+;;/m10../s1. The highest BCUT2D eigenvalue weighted by molar-refractivity contribution is 5.85. The lowest BCUT2D eigenvalue weighted by atomic mass is 10.1. The number of carbonyl (C=O) groups is 2. The molecule has 132 valence electrons. The number of aliphatic carboxylic acids is 2. The van der Waals surface area contributed by atoms with Crippen LogP contribution in [0, 0.1) is 0 Å². The minimum absolute atomic E-state index is 0.